The molecule has 0 aromatic heterocycles. The molecule has 2 bridgehead atoms. The fraction of sp³-hybridized carbons (Fsp3) is 1.00. The van der Waals surface area contributed by atoms with Gasteiger partial charge in [0.25, 0.3) is 0 Å². The first-order chi connectivity index (χ1) is 17.8. The maximum Gasteiger partial charge on any atom is 0.130 e. The van der Waals surface area contributed by atoms with E-state index in [0.717, 1.165) is 81.0 Å². The van der Waals surface area contributed by atoms with Gasteiger partial charge in [-0.25, -0.2) is 0 Å². The molecule has 2 saturated heterocycles. The van der Waals surface area contributed by atoms with Gasteiger partial charge in [0, 0.05) is 0 Å². The Kier molecular flexibility index (Phi) is 0.702. The largest absolute Gasteiger partial charge is 0.130 e. The summed E-state index contributed by atoms with van der Waals surface area (Å²) in [4.78, 5) is 0. The van der Waals surface area contributed by atoms with E-state index < -0.39 is 0 Å². The standard InChI is InChI=1S/C35H24B/c1-5-13-6-2-10-16-20-18-12-4-8-14-7-3-11-17-19-15-9(1)21(5)25(13)22(6,10)27(16)31(20)29(18)24(8,12)32(14)23(7,11)28(17)30(19)26(15,21)33(25,27)34(30,31)35(28,29)36-32/h5-20H,1-4H2. The number of fused-ring (bicyclic) bond motifs is 12. The average Bonchev–Trinajstić information content (AvgIpc) is 3.16. The van der Waals surface area contributed by atoms with Gasteiger partial charge in [0.15, 0.2) is 0 Å². The van der Waals surface area contributed by atoms with Crippen LogP contribution < -0.4 is 0 Å². The summed E-state index contributed by atoms with van der Waals surface area (Å²) >= 11 is 0. The lowest BCUT2D eigenvalue weighted by Crippen LogP contribution is -3.51. The van der Waals surface area contributed by atoms with Gasteiger partial charge >= 0.3 is 0 Å². The van der Waals surface area contributed by atoms with E-state index in [1.165, 1.54) is 94.7 Å². The first-order valence-electron chi connectivity index (χ1n) is 17.7. The first kappa shape index (κ1) is 12.7. The molecule has 1 radical (unpaired) electrons. The predicted molar refractivity (Wildman–Crippen MR) is 117 cm³/mol. The highest BCUT2D eigenvalue weighted by atomic mass is 15.6. The second kappa shape index (κ2) is 1.99. The van der Waals surface area contributed by atoms with E-state index in [9.17, 15) is 0 Å². The van der Waals surface area contributed by atoms with Gasteiger partial charge in [0.05, 0.1) is 0 Å². The Hall–Kier alpha value is 0.0649. The monoisotopic (exact) mass is 455 g/mol. The van der Waals surface area contributed by atoms with E-state index >= 15 is 0 Å². The van der Waals surface area contributed by atoms with Gasteiger partial charge in [-0.05, 0) is 201 Å². The van der Waals surface area contributed by atoms with Crippen molar-refractivity contribution in [1.29, 1.82) is 0 Å². The van der Waals surface area contributed by atoms with Crippen LogP contribution in [0, 0.1) is 165 Å². The molecule has 24 aliphatic rings. The van der Waals surface area contributed by atoms with E-state index in [0.29, 0.717) is 0 Å². The van der Waals surface area contributed by atoms with Crippen LogP contribution in [0.15, 0.2) is 0 Å². The Balaban J connectivity index is 1.04. The van der Waals surface area contributed by atoms with Gasteiger partial charge in [-0.15, -0.1) is 0 Å². The summed E-state index contributed by atoms with van der Waals surface area (Å²) in [5.41, 5.74) is 13.9. The topological polar surface area (TPSA) is 0 Å². The molecule has 22 saturated carbocycles. The summed E-state index contributed by atoms with van der Waals surface area (Å²) in [6, 6.07) is 0. The molecular formula is C35H24B. The third-order valence-electron chi connectivity index (χ3n) is 29.3. The van der Waals surface area contributed by atoms with Crippen molar-refractivity contribution in [2.24, 2.45) is 165 Å². The normalized spacial score (nSPS) is 131. The smallest absolute Gasteiger partial charge is 0.0459 e. The summed E-state index contributed by atoms with van der Waals surface area (Å²) in [5, 5.41) is 1.89. The van der Waals surface area contributed by atoms with Gasteiger partial charge in [0.2, 0.25) is 0 Å². The Labute approximate surface area is 208 Å². The highest BCUT2D eigenvalue weighted by Gasteiger charge is 3.56. The quantitative estimate of drug-likeness (QED) is 0.490. The minimum absolute atomic E-state index is 0.935. The van der Waals surface area contributed by atoms with Crippen LogP contribution in [0.25, 0.3) is 0 Å². The lowest BCUT2D eigenvalue weighted by atomic mass is 8.49. The van der Waals surface area contributed by atoms with Crippen LogP contribution in [0.3, 0.4) is 0 Å². The number of hydrogen-bond acceptors (Lipinski definition) is 0. The van der Waals surface area contributed by atoms with Crippen molar-refractivity contribution in [2.45, 2.75) is 36.3 Å². The minimum atomic E-state index is 0.935. The molecule has 15 spiro atoms. The molecule has 167 valence electrons. The van der Waals surface area contributed by atoms with Crippen LogP contribution in [0.5, 0.6) is 0 Å². The summed E-state index contributed by atoms with van der Waals surface area (Å²) in [6.45, 7) is 0. The maximum atomic E-state index is 3.61. The molecule has 0 amide bonds. The van der Waals surface area contributed by atoms with E-state index in [1.54, 1.807) is 25.7 Å². The second-order valence-electron chi connectivity index (χ2n) is 22.5. The lowest BCUT2D eigenvalue weighted by molar-refractivity contribution is -1.07. The molecule has 2 aliphatic heterocycles. The average molecular weight is 455 g/mol. The van der Waals surface area contributed by atoms with Crippen molar-refractivity contribution < 1.29 is 0 Å². The summed E-state index contributed by atoms with van der Waals surface area (Å²) in [7, 11) is 3.61. The van der Waals surface area contributed by atoms with Crippen LogP contribution in [0.1, 0.15) is 25.7 Å². The molecule has 2 heterocycles. The van der Waals surface area contributed by atoms with Crippen LogP contribution >= 0.6 is 0 Å². The third kappa shape index (κ3) is 0.295. The van der Waals surface area contributed by atoms with Gasteiger partial charge in [-0.2, -0.15) is 0 Å². The van der Waals surface area contributed by atoms with E-state index in [-0.39, 0.29) is 0 Å². The highest BCUT2D eigenvalue weighted by Crippen LogP contribution is 3.58. The molecule has 0 aromatic carbocycles. The Morgan fingerprint density at radius 3 is 1.42 bits per heavy atom. The molecule has 24 rings (SSSR count). The van der Waals surface area contributed by atoms with Gasteiger partial charge in [0.1, 0.15) is 7.28 Å². The van der Waals surface area contributed by atoms with Gasteiger partial charge in [-0.3, -0.25) is 0 Å². The van der Waals surface area contributed by atoms with Crippen LogP contribution in [-0.2, 0) is 0 Å². The summed E-state index contributed by atoms with van der Waals surface area (Å²) < 4.78 is 0. The molecule has 22 aliphatic carbocycles. The minimum Gasteiger partial charge on any atom is -0.0459 e. The molecule has 36 heavy (non-hydrogen) atoms. The zero-order chi connectivity index (χ0) is 20.3. The molecule has 0 nitrogen and oxygen atoms in total. The van der Waals surface area contributed by atoms with Gasteiger partial charge in [-0.1, -0.05) is 0 Å². The van der Waals surface area contributed by atoms with Crippen LogP contribution in [0.2, 0.25) is 10.6 Å². The van der Waals surface area contributed by atoms with E-state index in [4.69, 9.17) is 0 Å². The maximum absolute atomic E-state index is 3.61. The van der Waals surface area contributed by atoms with Crippen molar-refractivity contribution in [3.05, 3.63) is 0 Å². The Bertz CT molecular complexity index is 1920. The number of hydrogen-bond donors (Lipinski definition) is 0. The van der Waals surface area contributed by atoms with E-state index in [2.05, 4.69) is 7.28 Å². The van der Waals surface area contributed by atoms with Crippen molar-refractivity contribution in [2.75, 3.05) is 0 Å². The zero-order valence-electron chi connectivity index (χ0n) is 20.1. The lowest BCUT2D eigenvalue weighted by Gasteiger charge is -3.53. The zero-order valence-corrected chi connectivity index (χ0v) is 20.1. The number of rotatable bonds is 0. The summed E-state index contributed by atoms with van der Waals surface area (Å²) in [6.07, 6.45) is 7.18. The molecule has 1 heteroatoms. The molecule has 24 atom stereocenters. The highest BCUT2D eigenvalue weighted by molar-refractivity contribution is 6.55. The predicted octanol–water partition coefficient (Wildman–Crippen LogP) is 3.58. The van der Waals surface area contributed by atoms with Crippen molar-refractivity contribution in [3.63, 3.8) is 0 Å². The summed E-state index contributed by atoms with van der Waals surface area (Å²) in [5.74, 6) is 21.5. The molecule has 0 N–H and O–H groups in total. The molecular weight excluding hydrogens is 431 g/mol. The molecule has 24 fully saturated rings. The van der Waals surface area contributed by atoms with Gasteiger partial charge < -0.3 is 0 Å². The van der Waals surface area contributed by atoms with Crippen LogP contribution in [-0.4, -0.2) is 7.28 Å². The second-order valence-corrected chi connectivity index (χ2v) is 22.5. The molecule has 24 unspecified atom stereocenters. The molecule has 0 aromatic rings. The first-order valence-corrected chi connectivity index (χ1v) is 17.7. The SMILES string of the molecule is [B]1C23C4C5CC6C7C8C9C%10CC%11C%12C%13CC%14C%15C%16C%17C%18CC4C%182C%172C14C7(C563)C81C93C%11%10C%125C%13%14C%156C%162C41C536. The third-order valence-corrected chi connectivity index (χ3v) is 29.3. The van der Waals surface area contributed by atoms with Crippen molar-refractivity contribution in [3.8, 4) is 0 Å². The van der Waals surface area contributed by atoms with Crippen molar-refractivity contribution >= 4 is 7.28 Å². The fourth-order valence-electron chi connectivity index (χ4n) is 36.1. The van der Waals surface area contributed by atoms with Crippen molar-refractivity contribution in [1.82, 2.24) is 0 Å². The fourth-order valence-corrected chi connectivity index (χ4v) is 36.1. The Morgan fingerprint density at radius 1 is 0.361 bits per heavy atom. The van der Waals surface area contributed by atoms with Crippen LogP contribution in [0.4, 0.5) is 0 Å². The Morgan fingerprint density at radius 2 is 0.833 bits per heavy atom. The van der Waals surface area contributed by atoms with E-state index in [1.807, 2.05) is 0 Å².